The molecule has 0 amide bonds. The SMILES string of the molecule is CC.CN=C(N)N(C)C(C)C. The molecule has 0 aliphatic rings. The van der Waals surface area contributed by atoms with Gasteiger partial charge in [-0.15, -0.1) is 0 Å². The summed E-state index contributed by atoms with van der Waals surface area (Å²) in [6, 6.07) is 0.425. The normalized spacial score (nSPS) is 10.6. The second kappa shape index (κ2) is 7.38. The summed E-state index contributed by atoms with van der Waals surface area (Å²) in [6.07, 6.45) is 0. The molecular weight excluding hydrogens is 138 g/mol. The summed E-state index contributed by atoms with van der Waals surface area (Å²) in [5.41, 5.74) is 5.49. The van der Waals surface area contributed by atoms with Gasteiger partial charge in [0.2, 0.25) is 0 Å². The standard InChI is InChI=1S/C6H15N3.C2H6/c1-5(2)9(4)6(7)8-3;1-2/h5H,1-4H3,(H2,7,8);1-2H3. The van der Waals surface area contributed by atoms with Gasteiger partial charge in [0.25, 0.3) is 0 Å². The molecule has 11 heavy (non-hydrogen) atoms. The molecule has 0 radical (unpaired) electrons. The average molecular weight is 159 g/mol. The summed E-state index contributed by atoms with van der Waals surface area (Å²) in [4.78, 5) is 5.75. The lowest BCUT2D eigenvalue weighted by Gasteiger charge is -2.21. The Morgan fingerprint density at radius 3 is 1.82 bits per heavy atom. The molecule has 0 aromatic heterocycles. The summed E-state index contributed by atoms with van der Waals surface area (Å²) in [5, 5.41) is 0. The van der Waals surface area contributed by atoms with Crippen LogP contribution < -0.4 is 5.73 Å². The third-order valence-corrected chi connectivity index (χ3v) is 1.37. The molecule has 0 rings (SSSR count). The van der Waals surface area contributed by atoms with Gasteiger partial charge in [0.05, 0.1) is 0 Å². The zero-order valence-corrected chi connectivity index (χ0v) is 8.55. The molecule has 0 unspecified atom stereocenters. The van der Waals surface area contributed by atoms with E-state index in [0.717, 1.165) is 0 Å². The van der Waals surface area contributed by atoms with Crippen LogP contribution in [0.3, 0.4) is 0 Å². The van der Waals surface area contributed by atoms with E-state index in [1.807, 2.05) is 25.8 Å². The maximum atomic E-state index is 5.49. The maximum Gasteiger partial charge on any atom is 0.190 e. The van der Waals surface area contributed by atoms with Gasteiger partial charge < -0.3 is 10.6 Å². The van der Waals surface area contributed by atoms with Gasteiger partial charge in [0.15, 0.2) is 5.96 Å². The Hall–Kier alpha value is -0.730. The van der Waals surface area contributed by atoms with Crippen LogP contribution in [0.5, 0.6) is 0 Å². The van der Waals surface area contributed by atoms with Crippen molar-refractivity contribution in [2.45, 2.75) is 33.7 Å². The van der Waals surface area contributed by atoms with E-state index in [2.05, 4.69) is 18.8 Å². The molecule has 0 bridgehead atoms. The van der Waals surface area contributed by atoms with Crippen molar-refractivity contribution in [1.82, 2.24) is 4.90 Å². The van der Waals surface area contributed by atoms with E-state index in [0.29, 0.717) is 12.0 Å². The van der Waals surface area contributed by atoms with Crippen LogP contribution in [-0.4, -0.2) is 31.0 Å². The van der Waals surface area contributed by atoms with Gasteiger partial charge in [-0.25, -0.2) is 0 Å². The molecule has 0 heterocycles. The van der Waals surface area contributed by atoms with Crippen molar-refractivity contribution in [3.8, 4) is 0 Å². The van der Waals surface area contributed by atoms with Gasteiger partial charge >= 0.3 is 0 Å². The first kappa shape index (κ1) is 12.9. The first-order valence-corrected chi connectivity index (χ1v) is 4.04. The fraction of sp³-hybridized carbons (Fsp3) is 0.875. The van der Waals surface area contributed by atoms with Crippen LogP contribution in [-0.2, 0) is 0 Å². The van der Waals surface area contributed by atoms with Crippen LogP contribution in [0.15, 0.2) is 4.99 Å². The number of aliphatic imine (C=N–C) groups is 1. The third-order valence-electron chi connectivity index (χ3n) is 1.37. The van der Waals surface area contributed by atoms with E-state index in [-0.39, 0.29) is 0 Å². The minimum absolute atomic E-state index is 0.425. The third kappa shape index (κ3) is 5.70. The van der Waals surface area contributed by atoms with E-state index < -0.39 is 0 Å². The first-order chi connectivity index (χ1) is 5.09. The first-order valence-electron chi connectivity index (χ1n) is 4.04. The zero-order valence-electron chi connectivity index (χ0n) is 8.55. The molecular formula is C8H21N3. The zero-order chi connectivity index (χ0) is 9.44. The van der Waals surface area contributed by atoms with Crippen LogP contribution in [0.25, 0.3) is 0 Å². The fourth-order valence-corrected chi connectivity index (χ4v) is 0.422. The predicted octanol–water partition coefficient (Wildman–Crippen LogP) is 1.30. The van der Waals surface area contributed by atoms with E-state index in [1.54, 1.807) is 7.05 Å². The Morgan fingerprint density at radius 1 is 1.36 bits per heavy atom. The maximum absolute atomic E-state index is 5.49. The highest BCUT2D eigenvalue weighted by molar-refractivity contribution is 5.77. The molecule has 0 aliphatic heterocycles. The molecule has 2 N–H and O–H groups in total. The van der Waals surface area contributed by atoms with Gasteiger partial charge in [-0.1, -0.05) is 13.8 Å². The van der Waals surface area contributed by atoms with Crippen molar-refractivity contribution in [2.75, 3.05) is 14.1 Å². The summed E-state index contributed by atoms with van der Waals surface area (Å²) >= 11 is 0. The number of rotatable bonds is 1. The van der Waals surface area contributed by atoms with E-state index in [4.69, 9.17) is 5.73 Å². The van der Waals surface area contributed by atoms with Crippen molar-refractivity contribution in [3.05, 3.63) is 0 Å². The van der Waals surface area contributed by atoms with E-state index >= 15 is 0 Å². The molecule has 0 aromatic rings. The Labute approximate surface area is 70.3 Å². The molecule has 0 atom stereocenters. The Kier molecular flexibility index (Phi) is 8.65. The monoisotopic (exact) mass is 159 g/mol. The van der Waals surface area contributed by atoms with Crippen molar-refractivity contribution in [2.24, 2.45) is 10.7 Å². The lowest BCUT2D eigenvalue weighted by Crippen LogP contribution is -2.38. The highest BCUT2D eigenvalue weighted by Gasteiger charge is 2.02. The molecule has 0 fully saturated rings. The van der Waals surface area contributed by atoms with Crippen LogP contribution >= 0.6 is 0 Å². The molecule has 0 aliphatic carbocycles. The summed E-state index contributed by atoms with van der Waals surface area (Å²) < 4.78 is 0. The van der Waals surface area contributed by atoms with Crippen molar-refractivity contribution in [3.63, 3.8) is 0 Å². The topological polar surface area (TPSA) is 41.6 Å². The Bertz CT molecular complexity index is 108. The number of hydrogen-bond acceptors (Lipinski definition) is 1. The van der Waals surface area contributed by atoms with Crippen molar-refractivity contribution in [1.29, 1.82) is 0 Å². The number of hydrogen-bond donors (Lipinski definition) is 1. The summed E-state index contributed by atoms with van der Waals surface area (Å²) in [7, 11) is 3.61. The van der Waals surface area contributed by atoms with Crippen LogP contribution in [0.2, 0.25) is 0 Å². The minimum atomic E-state index is 0.425. The van der Waals surface area contributed by atoms with Crippen LogP contribution in [0.1, 0.15) is 27.7 Å². The molecule has 3 heteroatoms. The molecule has 0 aromatic carbocycles. The molecule has 0 spiro atoms. The Balaban J connectivity index is 0. The largest absolute Gasteiger partial charge is 0.370 e. The number of nitrogens with two attached hydrogens (primary N) is 1. The lowest BCUT2D eigenvalue weighted by atomic mass is 10.4. The summed E-state index contributed by atoms with van der Waals surface area (Å²) in [5.74, 6) is 0.588. The molecule has 3 nitrogen and oxygen atoms in total. The second-order valence-corrected chi connectivity index (χ2v) is 2.29. The number of nitrogens with zero attached hydrogens (tertiary/aromatic N) is 2. The van der Waals surface area contributed by atoms with Gasteiger partial charge in [0, 0.05) is 20.1 Å². The van der Waals surface area contributed by atoms with Crippen LogP contribution in [0.4, 0.5) is 0 Å². The van der Waals surface area contributed by atoms with Gasteiger partial charge in [0.1, 0.15) is 0 Å². The highest BCUT2D eigenvalue weighted by atomic mass is 15.2. The highest BCUT2D eigenvalue weighted by Crippen LogP contribution is 1.90. The second-order valence-electron chi connectivity index (χ2n) is 2.29. The summed E-state index contributed by atoms with van der Waals surface area (Å²) in [6.45, 7) is 8.14. The van der Waals surface area contributed by atoms with Crippen molar-refractivity contribution < 1.29 is 0 Å². The number of guanidine groups is 1. The molecule has 0 saturated carbocycles. The lowest BCUT2D eigenvalue weighted by molar-refractivity contribution is 0.412. The quantitative estimate of drug-likeness (QED) is 0.463. The van der Waals surface area contributed by atoms with Crippen LogP contribution in [0, 0.1) is 0 Å². The van der Waals surface area contributed by atoms with Gasteiger partial charge in [-0.05, 0) is 13.8 Å². The van der Waals surface area contributed by atoms with Gasteiger partial charge in [-0.2, -0.15) is 0 Å². The fourth-order valence-electron chi connectivity index (χ4n) is 0.422. The molecule has 0 saturated heterocycles. The average Bonchev–Trinajstić information content (AvgIpc) is 2.05. The van der Waals surface area contributed by atoms with E-state index in [9.17, 15) is 0 Å². The van der Waals surface area contributed by atoms with E-state index in [1.165, 1.54) is 0 Å². The molecule has 68 valence electrons. The van der Waals surface area contributed by atoms with Crippen molar-refractivity contribution >= 4 is 5.96 Å². The smallest absolute Gasteiger partial charge is 0.190 e. The Morgan fingerprint density at radius 2 is 1.73 bits per heavy atom. The minimum Gasteiger partial charge on any atom is -0.370 e. The van der Waals surface area contributed by atoms with Gasteiger partial charge in [-0.3, -0.25) is 4.99 Å². The predicted molar refractivity (Wildman–Crippen MR) is 51.8 cm³/mol.